The van der Waals surface area contributed by atoms with E-state index in [4.69, 9.17) is 0 Å². The van der Waals surface area contributed by atoms with Gasteiger partial charge in [-0.25, -0.2) is 0 Å². The number of carbonyl (C=O) groups excluding carboxylic acids is 2. The van der Waals surface area contributed by atoms with E-state index in [-0.39, 0.29) is 17.3 Å². The van der Waals surface area contributed by atoms with Crippen LogP contribution < -0.4 is 0 Å². The summed E-state index contributed by atoms with van der Waals surface area (Å²) < 4.78 is 0. The van der Waals surface area contributed by atoms with E-state index >= 15 is 0 Å². The van der Waals surface area contributed by atoms with E-state index in [1.807, 2.05) is 12.1 Å². The summed E-state index contributed by atoms with van der Waals surface area (Å²) in [6.45, 7) is 0. The molecule has 144 valence electrons. The van der Waals surface area contributed by atoms with Crippen LogP contribution in [0.3, 0.4) is 0 Å². The van der Waals surface area contributed by atoms with Gasteiger partial charge in [-0.05, 0) is 54.2 Å². The Labute approximate surface area is 170 Å². The minimum Gasteiger partial charge on any atom is -0.507 e. The van der Waals surface area contributed by atoms with Gasteiger partial charge in [0.05, 0.1) is 0 Å². The summed E-state index contributed by atoms with van der Waals surface area (Å²) >= 11 is 0. The molecular weight excluding hydrogens is 360 g/mol. The lowest BCUT2D eigenvalue weighted by Gasteiger charge is -2.23. The molecule has 3 nitrogen and oxygen atoms in total. The fourth-order valence-corrected chi connectivity index (χ4v) is 4.74. The van der Waals surface area contributed by atoms with Crippen LogP contribution in [0.5, 0.6) is 5.75 Å². The average Bonchev–Trinajstić information content (AvgIpc) is 2.78. The van der Waals surface area contributed by atoms with E-state index in [9.17, 15) is 14.7 Å². The van der Waals surface area contributed by atoms with Crippen LogP contribution in [0.25, 0.3) is 11.1 Å². The zero-order chi connectivity index (χ0) is 20.0. The van der Waals surface area contributed by atoms with Gasteiger partial charge in [0.2, 0.25) is 0 Å². The van der Waals surface area contributed by atoms with Crippen molar-refractivity contribution in [2.75, 3.05) is 0 Å². The Balaban J connectivity index is 1.58. The van der Waals surface area contributed by atoms with Crippen molar-refractivity contribution < 1.29 is 14.7 Å². The van der Waals surface area contributed by atoms with E-state index in [1.165, 1.54) is 37.7 Å². The lowest BCUT2D eigenvalue weighted by molar-refractivity contribution is 0.0979. The molecule has 1 fully saturated rings. The number of benzene rings is 3. The van der Waals surface area contributed by atoms with Crippen molar-refractivity contribution in [3.8, 4) is 16.9 Å². The summed E-state index contributed by atoms with van der Waals surface area (Å²) in [5, 5.41) is 10.5. The summed E-state index contributed by atoms with van der Waals surface area (Å²) in [6.07, 6.45) is 6.14. The molecule has 2 aliphatic rings. The summed E-state index contributed by atoms with van der Waals surface area (Å²) in [4.78, 5) is 25.8. The van der Waals surface area contributed by atoms with Crippen LogP contribution in [-0.2, 0) is 0 Å². The SMILES string of the molecule is O=C1c2ccccc2C(=O)c2cc(-c3cc(C4CCCCC4)ccc3O)ccc21. The molecule has 0 atom stereocenters. The largest absolute Gasteiger partial charge is 0.507 e. The molecule has 0 bridgehead atoms. The van der Waals surface area contributed by atoms with Gasteiger partial charge in [-0.15, -0.1) is 0 Å². The van der Waals surface area contributed by atoms with Crippen molar-refractivity contribution >= 4 is 11.6 Å². The molecule has 3 heteroatoms. The molecule has 0 aromatic heterocycles. The Morgan fingerprint density at radius 3 is 2.03 bits per heavy atom. The summed E-state index contributed by atoms with van der Waals surface area (Å²) in [5.74, 6) is 0.456. The highest BCUT2D eigenvalue weighted by Crippen LogP contribution is 2.39. The monoisotopic (exact) mass is 382 g/mol. The molecule has 1 N–H and O–H groups in total. The number of rotatable bonds is 2. The van der Waals surface area contributed by atoms with Crippen molar-refractivity contribution in [1.29, 1.82) is 0 Å². The molecule has 0 heterocycles. The van der Waals surface area contributed by atoms with Gasteiger partial charge in [-0.1, -0.05) is 55.7 Å². The molecule has 3 aromatic carbocycles. The van der Waals surface area contributed by atoms with Crippen LogP contribution in [0, 0.1) is 0 Å². The highest BCUT2D eigenvalue weighted by Gasteiger charge is 2.29. The molecule has 0 aliphatic heterocycles. The Hall–Kier alpha value is -3.20. The average molecular weight is 382 g/mol. The summed E-state index contributed by atoms with van der Waals surface area (Å²) in [5.41, 5.74) is 4.47. The first-order valence-electron chi connectivity index (χ1n) is 10.3. The van der Waals surface area contributed by atoms with Crippen LogP contribution in [0.1, 0.15) is 75.4 Å². The van der Waals surface area contributed by atoms with Crippen molar-refractivity contribution in [3.63, 3.8) is 0 Å². The standard InChI is InChI=1S/C26H22O3/c27-24-13-11-17(16-6-2-1-3-7-16)14-22(24)18-10-12-21-23(15-18)26(29)20-9-5-4-8-19(20)25(21)28/h4-5,8-16,27H,1-3,6-7H2. The third kappa shape index (κ3) is 2.98. The predicted molar refractivity (Wildman–Crippen MR) is 113 cm³/mol. The number of phenols is 1. The Morgan fingerprint density at radius 2 is 1.31 bits per heavy atom. The van der Waals surface area contributed by atoms with E-state index in [0.717, 1.165) is 11.1 Å². The molecule has 0 radical (unpaired) electrons. The van der Waals surface area contributed by atoms with Crippen molar-refractivity contribution in [3.05, 3.63) is 88.5 Å². The van der Waals surface area contributed by atoms with Gasteiger partial charge in [0.25, 0.3) is 0 Å². The van der Waals surface area contributed by atoms with E-state index in [1.54, 1.807) is 42.5 Å². The third-order valence-corrected chi connectivity index (χ3v) is 6.33. The number of carbonyl (C=O) groups is 2. The molecule has 29 heavy (non-hydrogen) atoms. The molecule has 0 spiro atoms. The van der Waals surface area contributed by atoms with Crippen LogP contribution in [0.15, 0.2) is 60.7 Å². The molecule has 0 amide bonds. The van der Waals surface area contributed by atoms with Crippen LogP contribution in [0.2, 0.25) is 0 Å². The number of phenolic OH excluding ortho intramolecular Hbond substituents is 1. The molecule has 5 rings (SSSR count). The van der Waals surface area contributed by atoms with Gasteiger partial charge < -0.3 is 5.11 Å². The molecule has 1 saturated carbocycles. The topological polar surface area (TPSA) is 54.4 Å². The van der Waals surface area contributed by atoms with Crippen molar-refractivity contribution in [2.24, 2.45) is 0 Å². The Bertz CT molecular complexity index is 1140. The number of hydrogen-bond acceptors (Lipinski definition) is 3. The first-order chi connectivity index (χ1) is 14.1. The highest BCUT2D eigenvalue weighted by molar-refractivity contribution is 6.28. The van der Waals surface area contributed by atoms with Crippen molar-refractivity contribution in [1.82, 2.24) is 0 Å². The highest BCUT2D eigenvalue weighted by atomic mass is 16.3. The minimum atomic E-state index is -0.139. The second-order valence-electron chi connectivity index (χ2n) is 8.08. The maximum absolute atomic E-state index is 13.0. The zero-order valence-corrected chi connectivity index (χ0v) is 16.2. The quantitative estimate of drug-likeness (QED) is 0.471. The van der Waals surface area contributed by atoms with Crippen LogP contribution in [0.4, 0.5) is 0 Å². The summed E-state index contributed by atoms with van der Waals surface area (Å²) in [7, 11) is 0. The van der Waals surface area contributed by atoms with Crippen LogP contribution >= 0.6 is 0 Å². The molecule has 3 aromatic rings. The molecule has 0 saturated heterocycles. The van der Waals surface area contributed by atoms with Gasteiger partial charge in [-0.2, -0.15) is 0 Å². The number of ketones is 2. The van der Waals surface area contributed by atoms with Crippen molar-refractivity contribution in [2.45, 2.75) is 38.0 Å². The van der Waals surface area contributed by atoms with Gasteiger partial charge >= 0.3 is 0 Å². The normalized spacial score (nSPS) is 16.4. The molecule has 0 unspecified atom stereocenters. The van der Waals surface area contributed by atoms with E-state index < -0.39 is 0 Å². The fourth-order valence-electron chi connectivity index (χ4n) is 4.74. The molecule has 2 aliphatic carbocycles. The van der Waals surface area contributed by atoms with Gasteiger partial charge in [0.15, 0.2) is 11.6 Å². The predicted octanol–water partition coefficient (Wildman–Crippen LogP) is 5.88. The van der Waals surface area contributed by atoms with Gasteiger partial charge in [-0.3, -0.25) is 9.59 Å². The Morgan fingerprint density at radius 1 is 0.655 bits per heavy atom. The Kier molecular flexibility index (Phi) is 4.31. The smallest absolute Gasteiger partial charge is 0.194 e. The zero-order valence-electron chi connectivity index (χ0n) is 16.2. The van der Waals surface area contributed by atoms with Crippen LogP contribution in [-0.4, -0.2) is 16.7 Å². The number of aromatic hydroxyl groups is 1. The minimum absolute atomic E-state index is 0.123. The number of hydrogen-bond donors (Lipinski definition) is 1. The van der Waals surface area contributed by atoms with Gasteiger partial charge in [0, 0.05) is 27.8 Å². The lowest BCUT2D eigenvalue weighted by atomic mass is 9.81. The van der Waals surface area contributed by atoms with E-state index in [2.05, 4.69) is 6.07 Å². The number of fused-ring (bicyclic) bond motifs is 2. The van der Waals surface area contributed by atoms with E-state index in [0.29, 0.717) is 28.2 Å². The third-order valence-electron chi connectivity index (χ3n) is 6.33. The maximum atomic E-state index is 13.0. The second kappa shape index (κ2) is 7.00. The first-order valence-corrected chi connectivity index (χ1v) is 10.3. The second-order valence-corrected chi connectivity index (χ2v) is 8.08. The molecular formula is C26H22O3. The summed E-state index contributed by atoms with van der Waals surface area (Å²) in [6, 6.07) is 18.1. The van der Waals surface area contributed by atoms with Gasteiger partial charge in [0.1, 0.15) is 5.75 Å². The lowest BCUT2D eigenvalue weighted by Crippen LogP contribution is -2.20. The maximum Gasteiger partial charge on any atom is 0.194 e. The first kappa shape index (κ1) is 17.9. The fraction of sp³-hybridized carbons (Fsp3) is 0.231.